The molecule has 0 aromatic heterocycles. The zero-order valence-corrected chi connectivity index (χ0v) is 45.5. The molecule has 0 aliphatic carbocycles. The summed E-state index contributed by atoms with van der Waals surface area (Å²) in [5.41, 5.74) is 0. The molecule has 0 saturated heterocycles. The quantitative estimate of drug-likeness (QED) is 0.161. The van der Waals surface area contributed by atoms with E-state index >= 15 is 0 Å². The molecule has 0 aliphatic heterocycles. The molecule has 224 valence electrons. The summed E-state index contributed by atoms with van der Waals surface area (Å²) in [6.07, 6.45) is 0. The molecule has 44 heavy (non-hydrogen) atoms. The van der Waals surface area contributed by atoms with Gasteiger partial charge in [-0.2, -0.15) is 0 Å². The number of hydrogen-bond acceptors (Lipinski definition) is 28. The van der Waals surface area contributed by atoms with Crippen LogP contribution in [0.1, 0.15) is 0 Å². The van der Waals surface area contributed by atoms with Crippen LogP contribution in [0, 0.1) is 0 Å². The van der Waals surface area contributed by atoms with Crippen molar-refractivity contribution in [3.63, 3.8) is 0 Å². The van der Waals surface area contributed by atoms with Crippen molar-refractivity contribution in [3.05, 3.63) is 0 Å². The van der Waals surface area contributed by atoms with E-state index in [2.05, 4.69) is 17.2 Å². The normalized spacial score (nSPS) is 11.3. The van der Waals surface area contributed by atoms with Crippen LogP contribution in [0.2, 0.25) is 0 Å². The van der Waals surface area contributed by atoms with E-state index in [0.717, 1.165) is 0 Å². The number of rotatable bonds is 8. The predicted octanol–water partition coefficient (Wildman–Crippen LogP) is -16.4. The van der Waals surface area contributed by atoms with Gasteiger partial charge in [0.1, 0.15) is 0 Å². The molecular weight excluding hydrogens is 1020 g/mol. The van der Waals surface area contributed by atoms with Crippen LogP contribution in [0.5, 0.6) is 0 Å². The first-order chi connectivity index (χ1) is 14.8. The summed E-state index contributed by atoms with van der Waals surface area (Å²) < 4.78 is 84.7. The molecule has 0 rings (SSSR count). The van der Waals surface area contributed by atoms with Crippen LogP contribution in [-0.4, -0.2) is 302 Å². The Balaban J connectivity index is -0.0000000293. The van der Waals surface area contributed by atoms with Gasteiger partial charge in [-0.05, 0) is 0 Å². The van der Waals surface area contributed by atoms with Gasteiger partial charge in [-0.3, -0.25) is 0 Å². The van der Waals surface area contributed by atoms with E-state index in [-0.39, 0.29) is 302 Å². The minimum atomic E-state index is -5.68. The van der Waals surface area contributed by atoms with Crippen LogP contribution in [0.4, 0.5) is 0 Å². The Bertz CT molecular complexity index is 788. The Morgan fingerprint density at radius 3 is 0.250 bits per heavy atom. The van der Waals surface area contributed by atoms with Crippen LogP contribution in [-0.2, 0) is 53.8 Å². The van der Waals surface area contributed by atoms with Crippen molar-refractivity contribution in [2.24, 2.45) is 0 Å². The Morgan fingerprint density at radius 2 is 0.250 bits per heavy atom. The van der Waals surface area contributed by atoms with Gasteiger partial charge in [0.15, 0.2) is 0 Å². The fourth-order valence-electron chi connectivity index (χ4n) is 0.490. The molecule has 0 aliphatic rings. The second-order valence-corrected chi connectivity index (χ2v) is 13.7. The minimum absolute atomic E-state index is 0. The van der Waals surface area contributed by atoms with Gasteiger partial charge in [0, 0.05) is 0 Å². The third kappa shape index (κ3) is 117. The first kappa shape index (κ1) is 86.8. The van der Waals surface area contributed by atoms with Crippen LogP contribution in [0.25, 0.3) is 0 Å². The van der Waals surface area contributed by atoms with Crippen molar-refractivity contribution in [1.29, 1.82) is 0 Å². The summed E-state index contributed by atoms with van der Waals surface area (Å²) in [6, 6.07) is 0. The molecule has 0 unspecified atom stereocenters. The van der Waals surface area contributed by atoms with Gasteiger partial charge in [0.2, 0.25) is 0 Å². The fourth-order valence-corrected chi connectivity index (χ4v) is 4.41. The summed E-state index contributed by atoms with van der Waals surface area (Å²) in [6.45, 7) is 0. The summed E-state index contributed by atoms with van der Waals surface area (Å²) in [7, 11) is -45.4. The van der Waals surface area contributed by atoms with Gasteiger partial charge in [-0.1, -0.05) is 0 Å². The van der Waals surface area contributed by atoms with E-state index in [4.69, 9.17) is 0 Å². The monoisotopic (exact) mass is 1020 g/mol. The summed E-state index contributed by atoms with van der Waals surface area (Å²) >= 11 is 0. The maximum atomic E-state index is 9.32. The first-order valence-corrected chi connectivity index (χ1v) is 17.5. The molecular formula is Ca8O28P8. The Kier molecular flexibility index (Phi) is 75.6. The standard InChI is InChI=1S/8Ca.4H4O7P2/c;;;;;;;;4*1-8(2,3)7-9(4,5)6/h;;;;;;;;4*(H2,1,2,3)(H2,4,5,6)/q8*+2;;;;/p-16. The average molecular weight is 1020 g/mol. The number of hydrogen-bond donors (Lipinski definition) is 0. The Hall–Kier alpha value is 11.1. The zero-order valence-electron chi connectivity index (χ0n) is 20.7. The van der Waals surface area contributed by atoms with Crippen molar-refractivity contribution >= 4 is 364 Å². The van der Waals surface area contributed by atoms with Crippen LogP contribution in [0.15, 0.2) is 0 Å². The molecule has 0 spiro atoms. The molecule has 0 aromatic rings. The minimum Gasteiger partial charge on any atom is -0.790 e. The molecule has 0 aromatic carbocycles. The second kappa shape index (κ2) is 38.3. The van der Waals surface area contributed by atoms with E-state index in [1.165, 1.54) is 0 Å². The van der Waals surface area contributed by atoms with Crippen molar-refractivity contribution in [3.8, 4) is 0 Å². The topological polar surface area (TPSA) is 542 Å². The van der Waals surface area contributed by atoms with Crippen LogP contribution >= 0.6 is 62.6 Å². The molecule has 0 radical (unpaired) electrons. The third-order valence-corrected chi connectivity index (χ3v) is 7.20. The van der Waals surface area contributed by atoms with E-state index in [1.807, 2.05) is 0 Å². The van der Waals surface area contributed by atoms with E-state index in [9.17, 15) is 115 Å². The molecule has 0 heterocycles. The van der Waals surface area contributed by atoms with Crippen molar-refractivity contribution < 1.29 is 132 Å². The van der Waals surface area contributed by atoms with Gasteiger partial charge in [0.05, 0.1) is 62.6 Å². The van der Waals surface area contributed by atoms with Crippen LogP contribution < -0.4 is 78.3 Å². The Morgan fingerprint density at radius 1 is 0.205 bits per heavy atom. The van der Waals surface area contributed by atoms with Gasteiger partial charge < -0.3 is 132 Å². The molecule has 0 fully saturated rings. The molecule has 0 saturated carbocycles. The average Bonchev–Trinajstić information content (AvgIpc) is 2.19. The third-order valence-electron chi connectivity index (χ3n) is 0.800. The fraction of sp³-hybridized carbons (Fsp3) is 0. The summed E-state index contributed by atoms with van der Waals surface area (Å²) in [5.74, 6) is 0. The molecule has 0 atom stereocenters. The smallest absolute Gasteiger partial charge is 0.790 e. The summed E-state index contributed by atoms with van der Waals surface area (Å²) in [4.78, 5) is 149. The van der Waals surface area contributed by atoms with Crippen molar-refractivity contribution in [2.45, 2.75) is 0 Å². The van der Waals surface area contributed by atoms with E-state index in [0.29, 0.717) is 0 Å². The Labute approximate surface area is 484 Å². The maximum absolute atomic E-state index is 9.32. The van der Waals surface area contributed by atoms with Crippen molar-refractivity contribution in [2.75, 3.05) is 0 Å². The second-order valence-electron chi connectivity index (χ2n) is 3.90. The van der Waals surface area contributed by atoms with Crippen LogP contribution in [0.3, 0.4) is 0 Å². The SMILES string of the molecule is O=P([O-])([O-])OP(=O)([O-])[O-].O=P([O-])([O-])OP(=O)([O-])[O-].O=P([O-])([O-])OP(=O)([O-])[O-].O=P([O-])([O-])OP(=O)([O-])[O-].[Ca+2].[Ca+2].[Ca+2].[Ca+2].[Ca+2].[Ca+2].[Ca+2].[Ca+2]. The maximum Gasteiger partial charge on any atom is 2.00 e. The van der Waals surface area contributed by atoms with Gasteiger partial charge >= 0.3 is 302 Å². The molecule has 44 heteroatoms. The van der Waals surface area contributed by atoms with E-state index in [1.54, 1.807) is 0 Å². The number of phosphoric acid groups is 8. The van der Waals surface area contributed by atoms with Gasteiger partial charge in [-0.15, -0.1) is 0 Å². The molecule has 0 bridgehead atoms. The largest absolute Gasteiger partial charge is 2.00 e. The molecule has 28 nitrogen and oxygen atoms in total. The predicted molar refractivity (Wildman–Crippen MR) is 111 cm³/mol. The van der Waals surface area contributed by atoms with Gasteiger partial charge in [-0.25, -0.2) is 0 Å². The summed E-state index contributed by atoms with van der Waals surface area (Å²) in [5, 5.41) is 0. The van der Waals surface area contributed by atoms with Crippen molar-refractivity contribution in [1.82, 2.24) is 0 Å². The molecule has 0 amide bonds. The van der Waals surface area contributed by atoms with Gasteiger partial charge in [0.25, 0.3) is 0 Å². The molecule has 0 N–H and O–H groups in total. The van der Waals surface area contributed by atoms with E-state index < -0.39 is 62.6 Å². The first-order valence-electron chi connectivity index (χ1n) is 5.84. The zero-order chi connectivity index (χ0) is 30.8.